The van der Waals surface area contributed by atoms with Gasteiger partial charge in [-0.1, -0.05) is 53.6 Å². The van der Waals surface area contributed by atoms with E-state index >= 15 is 0 Å². The van der Waals surface area contributed by atoms with Crippen LogP contribution in [0, 0.1) is 13.8 Å². The monoisotopic (exact) mass is 742 g/mol. The SMILES string of the molecule is COc1ccc(Nc2ccc(OCc3cccc(COc4ccc(Nc5ccc(C)cc5)cc4Nc4ccc(C)cc4)c3)c(Nc3ccc(OC)cc3)c2)cc1. The smallest absolute Gasteiger partial charge is 0.143 e. The highest BCUT2D eigenvalue weighted by atomic mass is 16.5. The van der Waals surface area contributed by atoms with Crippen LogP contribution < -0.4 is 40.2 Å². The molecule has 0 bridgehead atoms. The van der Waals surface area contributed by atoms with E-state index < -0.39 is 0 Å². The van der Waals surface area contributed by atoms with Gasteiger partial charge in [0.05, 0.1) is 25.6 Å². The number of hydrogen-bond acceptors (Lipinski definition) is 8. The molecule has 0 saturated heterocycles. The van der Waals surface area contributed by atoms with Crippen molar-refractivity contribution < 1.29 is 18.9 Å². The number of methoxy groups -OCH3 is 2. The Balaban J connectivity index is 1.06. The molecule has 0 radical (unpaired) electrons. The first-order valence-corrected chi connectivity index (χ1v) is 18.5. The summed E-state index contributed by atoms with van der Waals surface area (Å²) in [6, 6.07) is 52.8. The lowest BCUT2D eigenvalue weighted by Gasteiger charge is -2.17. The van der Waals surface area contributed by atoms with E-state index in [0.29, 0.717) is 19.0 Å². The Morgan fingerprint density at radius 2 is 0.732 bits per heavy atom. The minimum absolute atomic E-state index is 0.371. The van der Waals surface area contributed by atoms with Crippen molar-refractivity contribution in [3.8, 4) is 23.0 Å². The summed E-state index contributed by atoms with van der Waals surface area (Å²) in [7, 11) is 3.32. The van der Waals surface area contributed by atoms with Gasteiger partial charge >= 0.3 is 0 Å². The molecule has 0 saturated carbocycles. The molecule has 0 amide bonds. The summed E-state index contributed by atoms with van der Waals surface area (Å²) in [5.74, 6) is 3.06. The molecule has 0 fully saturated rings. The van der Waals surface area contributed by atoms with Gasteiger partial charge in [-0.2, -0.15) is 0 Å². The second kappa shape index (κ2) is 17.8. The van der Waals surface area contributed by atoms with Crippen LogP contribution in [0.5, 0.6) is 23.0 Å². The molecule has 56 heavy (non-hydrogen) atoms. The third-order valence-corrected chi connectivity index (χ3v) is 9.16. The molecule has 282 valence electrons. The molecule has 8 heteroatoms. The maximum absolute atomic E-state index is 6.47. The number of anilines is 8. The molecule has 0 spiro atoms. The largest absolute Gasteiger partial charge is 0.497 e. The van der Waals surface area contributed by atoms with Gasteiger partial charge in [0.15, 0.2) is 0 Å². The van der Waals surface area contributed by atoms with Crippen LogP contribution in [-0.2, 0) is 13.2 Å². The Labute approximate surface area is 329 Å². The normalized spacial score (nSPS) is 10.6. The third kappa shape index (κ3) is 10.1. The summed E-state index contributed by atoms with van der Waals surface area (Å²) in [5, 5.41) is 14.1. The maximum Gasteiger partial charge on any atom is 0.143 e. The fourth-order valence-corrected chi connectivity index (χ4v) is 6.06. The second-order valence-electron chi connectivity index (χ2n) is 13.5. The van der Waals surface area contributed by atoms with Crippen molar-refractivity contribution >= 4 is 45.5 Å². The Morgan fingerprint density at radius 3 is 1.12 bits per heavy atom. The fraction of sp³-hybridized carbons (Fsp3) is 0.125. The standard InChI is InChI=1S/C48H46N4O4/c1-33-8-12-37(13-9-33)49-41-20-26-47(45(29-41)51-39-14-10-34(2)11-15-39)55-31-35-6-5-7-36(28-35)32-56-48-27-21-42(50-38-16-22-43(53-3)23-17-38)30-46(48)52-40-18-24-44(54-4)25-19-40/h5-30,49-52H,31-32H2,1-4H3. The fourth-order valence-electron chi connectivity index (χ4n) is 6.06. The molecule has 0 aliphatic heterocycles. The predicted molar refractivity (Wildman–Crippen MR) is 229 cm³/mol. The highest BCUT2D eigenvalue weighted by Gasteiger charge is 2.11. The van der Waals surface area contributed by atoms with Gasteiger partial charge in [0.25, 0.3) is 0 Å². The van der Waals surface area contributed by atoms with Crippen molar-refractivity contribution in [1.82, 2.24) is 0 Å². The van der Waals surface area contributed by atoms with E-state index in [1.807, 2.05) is 84.9 Å². The van der Waals surface area contributed by atoms with E-state index in [0.717, 1.165) is 73.9 Å². The molecular formula is C48H46N4O4. The van der Waals surface area contributed by atoms with E-state index in [-0.39, 0.29) is 0 Å². The number of aryl methyl sites for hydroxylation is 2. The minimum atomic E-state index is 0.371. The van der Waals surface area contributed by atoms with Gasteiger partial charge in [-0.25, -0.2) is 0 Å². The molecule has 0 heterocycles. The quantitative estimate of drug-likeness (QED) is 0.0779. The van der Waals surface area contributed by atoms with Gasteiger partial charge in [-0.05, 0) is 140 Å². The third-order valence-electron chi connectivity index (χ3n) is 9.16. The van der Waals surface area contributed by atoms with E-state index in [1.165, 1.54) is 11.1 Å². The average Bonchev–Trinajstić information content (AvgIpc) is 3.23. The molecular weight excluding hydrogens is 697 g/mol. The number of benzene rings is 7. The first kappa shape index (κ1) is 37.3. The second-order valence-corrected chi connectivity index (χ2v) is 13.5. The van der Waals surface area contributed by atoms with Crippen molar-refractivity contribution in [2.75, 3.05) is 35.5 Å². The topological polar surface area (TPSA) is 85.0 Å². The van der Waals surface area contributed by atoms with Crippen molar-refractivity contribution in [2.45, 2.75) is 27.1 Å². The lowest BCUT2D eigenvalue weighted by atomic mass is 10.1. The van der Waals surface area contributed by atoms with Crippen LogP contribution in [0.1, 0.15) is 22.3 Å². The Morgan fingerprint density at radius 1 is 0.375 bits per heavy atom. The number of rotatable bonds is 16. The van der Waals surface area contributed by atoms with Crippen LogP contribution in [0.15, 0.2) is 158 Å². The lowest BCUT2D eigenvalue weighted by molar-refractivity contribution is 0.301. The van der Waals surface area contributed by atoms with Crippen molar-refractivity contribution in [1.29, 1.82) is 0 Å². The van der Waals surface area contributed by atoms with Crippen molar-refractivity contribution in [2.24, 2.45) is 0 Å². The summed E-state index contributed by atoms with van der Waals surface area (Å²) in [5.41, 5.74) is 11.9. The molecule has 0 aromatic heterocycles. The van der Waals surface area contributed by atoms with Gasteiger partial charge in [0, 0.05) is 34.1 Å². The van der Waals surface area contributed by atoms with Crippen LogP contribution in [0.3, 0.4) is 0 Å². The molecule has 0 aliphatic rings. The van der Waals surface area contributed by atoms with Crippen LogP contribution in [0.4, 0.5) is 45.5 Å². The Bertz CT molecular complexity index is 2340. The zero-order valence-electron chi connectivity index (χ0n) is 32.1. The van der Waals surface area contributed by atoms with E-state index in [1.54, 1.807) is 14.2 Å². The van der Waals surface area contributed by atoms with Gasteiger partial charge in [-0.3, -0.25) is 0 Å². The number of hydrogen-bond donors (Lipinski definition) is 4. The molecule has 0 unspecified atom stereocenters. The molecule has 7 rings (SSSR count). The lowest BCUT2D eigenvalue weighted by Crippen LogP contribution is -2.03. The zero-order valence-corrected chi connectivity index (χ0v) is 32.1. The van der Waals surface area contributed by atoms with Gasteiger partial charge < -0.3 is 40.2 Å². The van der Waals surface area contributed by atoms with Crippen molar-refractivity contribution in [3.05, 3.63) is 180 Å². The first-order valence-electron chi connectivity index (χ1n) is 18.5. The molecule has 7 aromatic rings. The molecule has 0 aliphatic carbocycles. The first-order chi connectivity index (χ1) is 27.4. The molecule has 8 nitrogen and oxygen atoms in total. The van der Waals surface area contributed by atoms with Gasteiger partial charge in [0.1, 0.15) is 36.2 Å². The predicted octanol–water partition coefficient (Wildman–Crippen LogP) is 12.5. The summed E-state index contributed by atoms with van der Waals surface area (Å²) in [4.78, 5) is 0. The number of nitrogens with one attached hydrogen (secondary N) is 4. The average molecular weight is 743 g/mol. The molecule has 0 atom stereocenters. The Kier molecular flexibility index (Phi) is 11.9. The van der Waals surface area contributed by atoms with E-state index in [2.05, 4.69) is 108 Å². The van der Waals surface area contributed by atoms with Crippen LogP contribution in [0.25, 0.3) is 0 Å². The summed E-state index contributed by atoms with van der Waals surface area (Å²) in [6.07, 6.45) is 0. The van der Waals surface area contributed by atoms with E-state index in [4.69, 9.17) is 18.9 Å². The highest BCUT2D eigenvalue weighted by molar-refractivity contribution is 5.75. The van der Waals surface area contributed by atoms with Gasteiger partial charge in [0.2, 0.25) is 0 Å². The van der Waals surface area contributed by atoms with Crippen LogP contribution in [-0.4, -0.2) is 14.2 Å². The van der Waals surface area contributed by atoms with Crippen LogP contribution >= 0.6 is 0 Å². The van der Waals surface area contributed by atoms with Crippen LogP contribution in [0.2, 0.25) is 0 Å². The summed E-state index contributed by atoms with van der Waals surface area (Å²) < 4.78 is 23.6. The summed E-state index contributed by atoms with van der Waals surface area (Å²) >= 11 is 0. The van der Waals surface area contributed by atoms with E-state index in [9.17, 15) is 0 Å². The molecule has 7 aromatic carbocycles. The van der Waals surface area contributed by atoms with Gasteiger partial charge in [-0.15, -0.1) is 0 Å². The van der Waals surface area contributed by atoms with Crippen molar-refractivity contribution in [3.63, 3.8) is 0 Å². The Hall–Kier alpha value is -7.06. The number of ether oxygens (including phenoxy) is 4. The minimum Gasteiger partial charge on any atom is -0.497 e. The maximum atomic E-state index is 6.47. The molecule has 4 N–H and O–H groups in total. The summed E-state index contributed by atoms with van der Waals surface area (Å²) in [6.45, 7) is 4.93. The zero-order chi connectivity index (χ0) is 38.7. The highest BCUT2D eigenvalue weighted by Crippen LogP contribution is 2.35.